The van der Waals surface area contributed by atoms with Crippen molar-refractivity contribution in [1.29, 1.82) is 0 Å². The molecule has 0 fully saturated rings. The number of nitrogens with one attached hydrogen (secondary N) is 1. The Labute approximate surface area is 166 Å². The molecule has 27 heavy (non-hydrogen) atoms. The van der Waals surface area contributed by atoms with Crippen LogP contribution in [0, 0.1) is 6.92 Å². The second-order valence-corrected chi connectivity index (χ2v) is 8.65. The van der Waals surface area contributed by atoms with Crippen LogP contribution in [-0.4, -0.2) is 8.42 Å². The average Bonchev–Trinajstić information content (AvgIpc) is 2.67. The Hall–Kier alpha value is -2.14. The lowest BCUT2D eigenvalue weighted by Gasteiger charge is -2.20. The Morgan fingerprint density at radius 2 is 1.52 bits per heavy atom. The zero-order valence-corrected chi connectivity index (χ0v) is 16.7. The number of benzene rings is 3. The third-order valence-corrected chi connectivity index (χ3v) is 6.31. The van der Waals surface area contributed by atoms with E-state index in [1.807, 2.05) is 55.5 Å². The monoisotopic (exact) mass is 399 g/mol. The van der Waals surface area contributed by atoms with Crippen molar-refractivity contribution < 1.29 is 8.42 Å². The molecular weight excluding hydrogens is 378 g/mol. The summed E-state index contributed by atoms with van der Waals surface area (Å²) >= 11 is 6.36. The molecule has 0 bridgehead atoms. The van der Waals surface area contributed by atoms with Crippen molar-refractivity contribution >= 4 is 21.6 Å². The summed E-state index contributed by atoms with van der Waals surface area (Å²) in [6.07, 6.45) is 1.35. The second kappa shape index (κ2) is 8.70. The predicted octanol–water partition coefficient (Wildman–Crippen LogP) is 5.30. The quantitative estimate of drug-likeness (QED) is 0.585. The van der Waals surface area contributed by atoms with Gasteiger partial charge in [0.1, 0.15) is 0 Å². The fourth-order valence-electron chi connectivity index (χ4n) is 2.96. The topological polar surface area (TPSA) is 46.2 Å². The summed E-state index contributed by atoms with van der Waals surface area (Å²) in [4.78, 5) is 0.255. The molecule has 0 radical (unpaired) electrons. The van der Waals surface area contributed by atoms with Gasteiger partial charge in [0.25, 0.3) is 0 Å². The van der Waals surface area contributed by atoms with E-state index in [0.29, 0.717) is 11.4 Å². The first kappa shape index (κ1) is 19.6. The van der Waals surface area contributed by atoms with E-state index in [-0.39, 0.29) is 4.90 Å². The van der Waals surface area contributed by atoms with Crippen LogP contribution in [0.4, 0.5) is 0 Å². The van der Waals surface area contributed by atoms with Gasteiger partial charge in [0.2, 0.25) is 10.0 Å². The standard InChI is InChI=1S/C22H22ClNO2S/c1-17-11-14-19(15-12-17)27(25,26)24-22(20-9-5-6-10-21(20)23)16-13-18-7-3-2-4-8-18/h2-12,14-15,22,24H,13,16H2,1H3. The fraction of sp³-hybridized carbons (Fsp3) is 0.182. The minimum absolute atomic E-state index is 0.255. The molecule has 0 amide bonds. The van der Waals surface area contributed by atoms with E-state index in [2.05, 4.69) is 4.72 Å². The van der Waals surface area contributed by atoms with Crippen LogP contribution in [0.25, 0.3) is 0 Å². The van der Waals surface area contributed by atoms with E-state index in [4.69, 9.17) is 11.6 Å². The number of hydrogen-bond donors (Lipinski definition) is 1. The first-order chi connectivity index (χ1) is 13.0. The Balaban J connectivity index is 1.87. The number of aryl methyl sites for hydroxylation is 2. The molecule has 3 aromatic rings. The van der Waals surface area contributed by atoms with E-state index in [9.17, 15) is 8.42 Å². The van der Waals surface area contributed by atoms with Crippen LogP contribution in [0.15, 0.2) is 83.8 Å². The average molecular weight is 400 g/mol. The molecule has 0 saturated heterocycles. The maximum absolute atomic E-state index is 12.9. The Bertz CT molecular complexity index is 986. The van der Waals surface area contributed by atoms with Gasteiger partial charge in [-0.1, -0.05) is 77.8 Å². The van der Waals surface area contributed by atoms with Crippen LogP contribution >= 0.6 is 11.6 Å². The molecular formula is C22H22ClNO2S. The molecule has 0 aliphatic rings. The van der Waals surface area contributed by atoms with Gasteiger partial charge in [-0.2, -0.15) is 0 Å². The third kappa shape index (κ3) is 5.19. The van der Waals surface area contributed by atoms with Crippen LogP contribution in [0.3, 0.4) is 0 Å². The van der Waals surface area contributed by atoms with Crippen LogP contribution in [0.1, 0.15) is 29.2 Å². The van der Waals surface area contributed by atoms with Gasteiger partial charge < -0.3 is 0 Å². The van der Waals surface area contributed by atoms with E-state index in [1.54, 1.807) is 30.3 Å². The van der Waals surface area contributed by atoms with Crippen LogP contribution < -0.4 is 4.72 Å². The molecule has 3 aromatic carbocycles. The van der Waals surface area contributed by atoms with Gasteiger partial charge in [0.15, 0.2) is 0 Å². The summed E-state index contributed by atoms with van der Waals surface area (Å²) in [5.41, 5.74) is 2.95. The van der Waals surface area contributed by atoms with Gasteiger partial charge in [-0.15, -0.1) is 0 Å². The van der Waals surface area contributed by atoms with Crippen molar-refractivity contribution in [3.8, 4) is 0 Å². The zero-order valence-electron chi connectivity index (χ0n) is 15.1. The van der Waals surface area contributed by atoms with Gasteiger partial charge in [-0.05, 0) is 49.1 Å². The van der Waals surface area contributed by atoms with Crippen molar-refractivity contribution in [2.24, 2.45) is 0 Å². The molecule has 1 N–H and O–H groups in total. The molecule has 140 valence electrons. The second-order valence-electron chi connectivity index (χ2n) is 6.53. The van der Waals surface area contributed by atoms with E-state index in [1.165, 1.54) is 0 Å². The fourth-order valence-corrected chi connectivity index (χ4v) is 4.48. The lowest BCUT2D eigenvalue weighted by atomic mass is 10.00. The van der Waals surface area contributed by atoms with Gasteiger partial charge in [0, 0.05) is 11.1 Å². The smallest absolute Gasteiger partial charge is 0.207 e. The van der Waals surface area contributed by atoms with Gasteiger partial charge in [0.05, 0.1) is 4.90 Å². The maximum atomic E-state index is 12.9. The first-order valence-corrected chi connectivity index (χ1v) is 10.7. The maximum Gasteiger partial charge on any atom is 0.241 e. The molecule has 1 atom stereocenters. The van der Waals surface area contributed by atoms with E-state index < -0.39 is 16.1 Å². The Morgan fingerprint density at radius 1 is 0.889 bits per heavy atom. The lowest BCUT2D eigenvalue weighted by molar-refractivity contribution is 0.539. The van der Waals surface area contributed by atoms with Gasteiger partial charge >= 0.3 is 0 Å². The summed E-state index contributed by atoms with van der Waals surface area (Å²) in [5.74, 6) is 0. The Morgan fingerprint density at radius 3 is 2.19 bits per heavy atom. The summed E-state index contributed by atoms with van der Waals surface area (Å²) in [5, 5.41) is 0.558. The summed E-state index contributed by atoms with van der Waals surface area (Å²) in [6.45, 7) is 1.93. The number of rotatable bonds is 7. The highest BCUT2D eigenvalue weighted by atomic mass is 35.5. The molecule has 0 spiro atoms. The molecule has 5 heteroatoms. The lowest BCUT2D eigenvalue weighted by Crippen LogP contribution is -2.29. The predicted molar refractivity (Wildman–Crippen MR) is 110 cm³/mol. The zero-order chi connectivity index (χ0) is 19.3. The molecule has 0 aliphatic heterocycles. The molecule has 0 heterocycles. The first-order valence-electron chi connectivity index (χ1n) is 8.83. The number of sulfonamides is 1. The molecule has 3 nitrogen and oxygen atoms in total. The molecule has 0 saturated carbocycles. The van der Waals surface area contributed by atoms with E-state index >= 15 is 0 Å². The minimum atomic E-state index is -3.65. The molecule has 0 aromatic heterocycles. The number of hydrogen-bond acceptors (Lipinski definition) is 2. The van der Waals surface area contributed by atoms with Crippen LogP contribution in [0.2, 0.25) is 5.02 Å². The third-order valence-electron chi connectivity index (χ3n) is 4.47. The summed E-state index contributed by atoms with van der Waals surface area (Å²) in [6, 6.07) is 23.8. The Kier molecular flexibility index (Phi) is 6.32. The van der Waals surface area contributed by atoms with Gasteiger partial charge in [-0.3, -0.25) is 0 Å². The van der Waals surface area contributed by atoms with Crippen molar-refractivity contribution in [2.45, 2.75) is 30.7 Å². The van der Waals surface area contributed by atoms with Crippen molar-refractivity contribution in [1.82, 2.24) is 4.72 Å². The van der Waals surface area contributed by atoms with Gasteiger partial charge in [-0.25, -0.2) is 13.1 Å². The SMILES string of the molecule is Cc1ccc(S(=O)(=O)NC(CCc2ccccc2)c2ccccc2Cl)cc1. The minimum Gasteiger partial charge on any atom is -0.207 e. The normalized spacial score (nSPS) is 12.7. The summed E-state index contributed by atoms with van der Waals surface area (Å²) in [7, 11) is -3.65. The highest BCUT2D eigenvalue weighted by Gasteiger charge is 2.23. The highest BCUT2D eigenvalue weighted by Crippen LogP contribution is 2.28. The molecule has 3 rings (SSSR count). The van der Waals surface area contributed by atoms with E-state index in [0.717, 1.165) is 23.1 Å². The van der Waals surface area contributed by atoms with Crippen molar-refractivity contribution in [3.05, 3.63) is 101 Å². The largest absolute Gasteiger partial charge is 0.241 e. The van der Waals surface area contributed by atoms with Crippen LogP contribution in [0.5, 0.6) is 0 Å². The summed E-state index contributed by atoms with van der Waals surface area (Å²) < 4.78 is 28.6. The van der Waals surface area contributed by atoms with Crippen molar-refractivity contribution in [3.63, 3.8) is 0 Å². The molecule has 1 unspecified atom stereocenters. The molecule has 0 aliphatic carbocycles. The highest BCUT2D eigenvalue weighted by molar-refractivity contribution is 7.89. The number of halogens is 1. The van der Waals surface area contributed by atoms with Crippen LogP contribution in [-0.2, 0) is 16.4 Å². The van der Waals surface area contributed by atoms with Crippen molar-refractivity contribution in [2.75, 3.05) is 0 Å².